The fraction of sp³-hybridized carbons (Fsp3) is 0.500. The maximum Gasteiger partial charge on any atom is 0.227 e. The zero-order chi connectivity index (χ0) is 20.1. The van der Waals surface area contributed by atoms with E-state index in [1.807, 2.05) is 29.2 Å². The predicted molar refractivity (Wildman–Crippen MR) is 112 cm³/mol. The number of methoxy groups -OCH3 is 1. The molecule has 1 unspecified atom stereocenters. The van der Waals surface area contributed by atoms with Crippen molar-refractivity contribution in [3.05, 3.63) is 59.9 Å². The van der Waals surface area contributed by atoms with Gasteiger partial charge in [-0.15, -0.1) is 0 Å². The van der Waals surface area contributed by atoms with Crippen LogP contribution in [0.3, 0.4) is 0 Å². The third-order valence-corrected chi connectivity index (χ3v) is 6.38. The minimum atomic E-state index is -0.0551. The molecular weight excluding hydrogens is 364 g/mol. The second-order valence-electron chi connectivity index (χ2n) is 8.36. The summed E-state index contributed by atoms with van der Waals surface area (Å²) in [6.45, 7) is 2.40. The third-order valence-electron chi connectivity index (χ3n) is 6.38. The summed E-state index contributed by atoms with van der Waals surface area (Å²) in [6, 6.07) is 12.3. The Balaban J connectivity index is 1.30. The first-order chi connectivity index (χ1) is 14.2. The van der Waals surface area contributed by atoms with E-state index < -0.39 is 0 Å². The molecule has 154 valence electrons. The van der Waals surface area contributed by atoms with E-state index in [-0.39, 0.29) is 11.5 Å². The molecule has 0 saturated carbocycles. The van der Waals surface area contributed by atoms with Crippen LogP contribution in [0.1, 0.15) is 36.8 Å². The molecule has 0 radical (unpaired) electrons. The van der Waals surface area contributed by atoms with Crippen LogP contribution in [0, 0.1) is 5.92 Å². The predicted octanol–water partition coefficient (Wildman–Crippen LogP) is 3.66. The molecule has 5 nitrogen and oxygen atoms in total. The molecule has 1 aromatic heterocycles. The van der Waals surface area contributed by atoms with Gasteiger partial charge in [-0.3, -0.25) is 9.78 Å². The summed E-state index contributed by atoms with van der Waals surface area (Å²) >= 11 is 0. The zero-order valence-electron chi connectivity index (χ0n) is 17.2. The van der Waals surface area contributed by atoms with Gasteiger partial charge in [-0.1, -0.05) is 18.2 Å². The number of carbonyl (C=O) groups excluding carboxylic acids is 1. The molecule has 2 aromatic rings. The van der Waals surface area contributed by atoms with Crippen molar-refractivity contribution in [1.29, 1.82) is 0 Å². The second-order valence-corrected chi connectivity index (χ2v) is 8.36. The van der Waals surface area contributed by atoms with Crippen LogP contribution in [0.4, 0.5) is 0 Å². The number of aromatic nitrogens is 1. The molecular formula is C24H30N2O3. The highest BCUT2D eigenvalue weighted by molar-refractivity contribution is 5.78. The van der Waals surface area contributed by atoms with E-state index in [0.717, 1.165) is 63.1 Å². The van der Waals surface area contributed by atoms with Gasteiger partial charge in [0.05, 0.1) is 19.1 Å². The zero-order valence-corrected chi connectivity index (χ0v) is 17.2. The average Bonchev–Trinajstić information content (AvgIpc) is 2.75. The van der Waals surface area contributed by atoms with Crippen molar-refractivity contribution >= 4 is 5.91 Å². The Kier molecular flexibility index (Phi) is 6.14. The maximum atomic E-state index is 12.6. The molecule has 0 aliphatic carbocycles. The number of carbonyl (C=O) groups is 1. The molecule has 2 aliphatic rings. The molecule has 0 N–H and O–H groups in total. The first-order valence-electron chi connectivity index (χ1n) is 10.6. The summed E-state index contributed by atoms with van der Waals surface area (Å²) in [5.74, 6) is 1.73. The van der Waals surface area contributed by atoms with Crippen molar-refractivity contribution in [2.24, 2.45) is 5.92 Å². The van der Waals surface area contributed by atoms with Crippen molar-refractivity contribution in [3.63, 3.8) is 0 Å². The standard InChI is InChI=1S/C24H30N2O3/c1-28-22-6-4-19(5-7-22)15-20-8-14-29-24(17-20)9-12-26(13-10-24)23(27)16-21-3-2-11-25-18-21/h2-7,11,18,20H,8-10,12-17H2,1H3. The number of benzene rings is 1. The highest BCUT2D eigenvalue weighted by Gasteiger charge is 2.41. The Morgan fingerprint density at radius 2 is 2.00 bits per heavy atom. The number of likely N-dealkylation sites (tertiary alicyclic amines) is 1. The Morgan fingerprint density at radius 3 is 2.69 bits per heavy atom. The van der Waals surface area contributed by atoms with Crippen LogP contribution in [0.15, 0.2) is 48.8 Å². The smallest absolute Gasteiger partial charge is 0.227 e. The van der Waals surface area contributed by atoms with Crippen LogP contribution in [0.2, 0.25) is 0 Å². The van der Waals surface area contributed by atoms with Gasteiger partial charge in [0.15, 0.2) is 0 Å². The summed E-state index contributed by atoms with van der Waals surface area (Å²) < 4.78 is 11.5. The molecule has 2 aliphatic heterocycles. The molecule has 1 spiro atoms. The van der Waals surface area contributed by atoms with Crippen LogP contribution >= 0.6 is 0 Å². The van der Waals surface area contributed by atoms with Gasteiger partial charge in [0, 0.05) is 32.1 Å². The molecule has 2 fully saturated rings. The average molecular weight is 395 g/mol. The lowest BCUT2D eigenvalue weighted by atomic mass is 9.77. The molecule has 1 atom stereocenters. The molecule has 1 aromatic carbocycles. The maximum absolute atomic E-state index is 12.6. The summed E-state index contributed by atoms with van der Waals surface area (Å²) in [5.41, 5.74) is 2.28. The van der Waals surface area contributed by atoms with Crippen LogP contribution in [0.5, 0.6) is 5.75 Å². The molecule has 4 rings (SSSR count). The minimum Gasteiger partial charge on any atom is -0.497 e. The van der Waals surface area contributed by atoms with E-state index in [1.54, 1.807) is 19.5 Å². The van der Waals surface area contributed by atoms with Crippen LogP contribution in [0.25, 0.3) is 0 Å². The van der Waals surface area contributed by atoms with Crippen molar-refractivity contribution in [2.45, 2.75) is 44.1 Å². The lowest BCUT2D eigenvalue weighted by Crippen LogP contribution is -2.51. The summed E-state index contributed by atoms with van der Waals surface area (Å²) in [7, 11) is 1.70. The second kappa shape index (κ2) is 8.95. The topological polar surface area (TPSA) is 51.7 Å². The van der Waals surface area contributed by atoms with Crippen LogP contribution in [-0.4, -0.2) is 48.2 Å². The highest BCUT2D eigenvalue weighted by atomic mass is 16.5. The summed E-state index contributed by atoms with van der Waals surface area (Å²) in [4.78, 5) is 18.7. The molecule has 2 saturated heterocycles. The van der Waals surface area contributed by atoms with Crippen molar-refractivity contribution < 1.29 is 14.3 Å². The molecule has 1 amide bonds. The van der Waals surface area contributed by atoms with Gasteiger partial charge in [0.25, 0.3) is 0 Å². The number of amides is 1. The van der Waals surface area contributed by atoms with E-state index in [9.17, 15) is 4.79 Å². The quantitative estimate of drug-likeness (QED) is 0.777. The molecule has 0 bridgehead atoms. The fourth-order valence-electron chi connectivity index (χ4n) is 4.70. The number of ether oxygens (including phenoxy) is 2. The molecule has 5 heteroatoms. The van der Waals surface area contributed by atoms with Crippen LogP contribution in [-0.2, 0) is 22.4 Å². The van der Waals surface area contributed by atoms with E-state index in [1.165, 1.54) is 5.56 Å². The van der Waals surface area contributed by atoms with Crippen molar-refractivity contribution in [3.8, 4) is 5.75 Å². The first kappa shape index (κ1) is 19.9. The summed E-state index contributed by atoms with van der Waals surface area (Å²) in [5, 5.41) is 0. The molecule has 29 heavy (non-hydrogen) atoms. The van der Waals surface area contributed by atoms with Gasteiger partial charge < -0.3 is 14.4 Å². The number of hydrogen-bond donors (Lipinski definition) is 0. The minimum absolute atomic E-state index is 0.0551. The van der Waals surface area contributed by atoms with E-state index in [2.05, 4.69) is 17.1 Å². The van der Waals surface area contributed by atoms with Gasteiger partial charge in [-0.05, 0) is 67.3 Å². The number of nitrogens with zero attached hydrogens (tertiary/aromatic N) is 2. The number of piperidine rings is 1. The summed E-state index contributed by atoms with van der Waals surface area (Å²) in [6.07, 6.45) is 9.09. The first-order valence-corrected chi connectivity index (χ1v) is 10.6. The lowest BCUT2D eigenvalue weighted by Gasteiger charge is -2.46. The Morgan fingerprint density at radius 1 is 1.21 bits per heavy atom. The van der Waals surface area contributed by atoms with E-state index >= 15 is 0 Å². The largest absolute Gasteiger partial charge is 0.497 e. The van der Waals surface area contributed by atoms with Crippen molar-refractivity contribution in [2.75, 3.05) is 26.8 Å². The normalized spacial score (nSPS) is 21.1. The number of pyridine rings is 1. The van der Waals surface area contributed by atoms with Gasteiger partial charge in [0.2, 0.25) is 5.91 Å². The van der Waals surface area contributed by atoms with Gasteiger partial charge in [-0.2, -0.15) is 0 Å². The highest BCUT2D eigenvalue weighted by Crippen LogP contribution is 2.39. The lowest BCUT2D eigenvalue weighted by molar-refractivity contribution is -0.146. The molecule has 3 heterocycles. The number of hydrogen-bond acceptors (Lipinski definition) is 4. The third kappa shape index (κ3) is 4.96. The van der Waals surface area contributed by atoms with Gasteiger partial charge >= 0.3 is 0 Å². The van der Waals surface area contributed by atoms with E-state index in [0.29, 0.717) is 12.3 Å². The Labute approximate surface area is 173 Å². The SMILES string of the molecule is COc1ccc(CC2CCOC3(CCN(C(=O)Cc4cccnc4)CC3)C2)cc1. The Hall–Kier alpha value is -2.40. The fourth-order valence-corrected chi connectivity index (χ4v) is 4.70. The van der Waals surface area contributed by atoms with Gasteiger partial charge in [-0.25, -0.2) is 0 Å². The van der Waals surface area contributed by atoms with Gasteiger partial charge in [0.1, 0.15) is 5.75 Å². The number of rotatable bonds is 5. The van der Waals surface area contributed by atoms with Crippen molar-refractivity contribution in [1.82, 2.24) is 9.88 Å². The van der Waals surface area contributed by atoms with E-state index in [4.69, 9.17) is 9.47 Å². The monoisotopic (exact) mass is 394 g/mol. The van der Waals surface area contributed by atoms with Crippen LogP contribution < -0.4 is 4.74 Å². The Bertz CT molecular complexity index is 799.